The quantitative estimate of drug-likeness (QED) is 0.608. The van der Waals surface area contributed by atoms with Gasteiger partial charge in [-0.3, -0.25) is 4.90 Å². The van der Waals surface area contributed by atoms with Crippen molar-refractivity contribution in [3.63, 3.8) is 0 Å². The van der Waals surface area contributed by atoms with Gasteiger partial charge in [-0.1, -0.05) is 48.5 Å². The van der Waals surface area contributed by atoms with Gasteiger partial charge in [-0.05, 0) is 29.5 Å². The van der Waals surface area contributed by atoms with Crippen molar-refractivity contribution in [3.8, 4) is 11.4 Å². The number of para-hydroxylation sites is 1. The van der Waals surface area contributed by atoms with Crippen molar-refractivity contribution in [2.45, 2.75) is 19.5 Å². The summed E-state index contributed by atoms with van der Waals surface area (Å²) in [5, 5.41) is 1.27. The molecule has 1 aliphatic rings. The molecule has 0 amide bonds. The van der Waals surface area contributed by atoms with Crippen LogP contribution in [-0.4, -0.2) is 26.4 Å². The molecule has 0 bridgehead atoms. The van der Waals surface area contributed by atoms with Crippen molar-refractivity contribution >= 4 is 10.9 Å². The molecule has 0 fully saturated rings. The van der Waals surface area contributed by atoms with Gasteiger partial charge in [0.15, 0.2) is 5.82 Å². The van der Waals surface area contributed by atoms with Crippen molar-refractivity contribution in [2.75, 3.05) is 6.54 Å². The molecule has 3 heterocycles. The van der Waals surface area contributed by atoms with E-state index in [1.54, 1.807) is 0 Å². The molecule has 5 rings (SSSR count). The van der Waals surface area contributed by atoms with Crippen LogP contribution in [-0.2, 0) is 19.5 Å². The smallest absolute Gasteiger partial charge is 0.159 e. The number of hydrogen-bond donors (Lipinski definition) is 1. The van der Waals surface area contributed by atoms with Crippen molar-refractivity contribution in [2.24, 2.45) is 0 Å². The highest BCUT2D eigenvalue weighted by molar-refractivity contribution is 5.80. The van der Waals surface area contributed by atoms with Gasteiger partial charge in [0.1, 0.15) is 0 Å². The highest BCUT2D eigenvalue weighted by Crippen LogP contribution is 2.23. The lowest BCUT2D eigenvalue weighted by atomic mass is 10.1. The van der Waals surface area contributed by atoms with Crippen LogP contribution in [0.4, 0.5) is 0 Å². The Morgan fingerprint density at radius 3 is 2.73 bits per heavy atom. The second-order valence-corrected chi connectivity index (χ2v) is 6.87. The lowest BCUT2D eigenvalue weighted by Crippen LogP contribution is -2.31. The molecule has 0 saturated heterocycles. The van der Waals surface area contributed by atoms with E-state index in [2.05, 4.69) is 57.3 Å². The predicted octanol–water partition coefficient (Wildman–Crippen LogP) is 4.18. The van der Waals surface area contributed by atoms with Crippen LogP contribution in [0.5, 0.6) is 0 Å². The van der Waals surface area contributed by atoms with E-state index in [1.807, 2.05) is 24.4 Å². The molecule has 4 nitrogen and oxygen atoms in total. The van der Waals surface area contributed by atoms with E-state index in [1.165, 1.54) is 22.2 Å². The standard InChI is InChI=1S/C22H20N4/c1-2-6-16(7-3-1)22-23-13-18-10-11-26(15-21(18)25-22)14-19-12-17-8-4-5-9-20(17)24-19/h1-9,12-13,24H,10-11,14-15H2. The Bertz CT molecular complexity index is 1020. The molecule has 128 valence electrons. The van der Waals surface area contributed by atoms with Gasteiger partial charge >= 0.3 is 0 Å². The summed E-state index contributed by atoms with van der Waals surface area (Å²) >= 11 is 0. The lowest BCUT2D eigenvalue weighted by molar-refractivity contribution is 0.239. The van der Waals surface area contributed by atoms with Gasteiger partial charge in [0, 0.05) is 42.6 Å². The van der Waals surface area contributed by atoms with Gasteiger partial charge in [-0.25, -0.2) is 9.97 Å². The third kappa shape index (κ3) is 2.89. The molecule has 4 aromatic rings. The van der Waals surface area contributed by atoms with Crippen LogP contribution in [0.2, 0.25) is 0 Å². The van der Waals surface area contributed by atoms with Crippen LogP contribution in [0.1, 0.15) is 17.0 Å². The summed E-state index contributed by atoms with van der Waals surface area (Å²) in [4.78, 5) is 15.4. The van der Waals surface area contributed by atoms with Crippen LogP contribution in [0.25, 0.3) is 22.3 Å². The van der Waals surface area contributed by atoms with Crippen LogP contribution in [0.3, 0.4) is 0 Å². The Labute approximate surface area is 152 Å². The summed E-state index contributed by atoms with van der Waals surface area (Å²) in [6.45, 7) is 2.82. The minimum atomic E-state index is 0.816. The van der Waals surface area contributed by atoms with Crippen molar-refractivity contribution in [3.05, 3.63) is 83.8 Å². The maximum Gasteiger partial charge on any atom is 0.159 e. The lowest BCUT2D eigenvalue weighted by Gasteiger charge is -2.27. The van der Waals surface area contributed by atoms with Gasteiger partial charge < -0.3 is 4.98 Å². The van der Waals surface area contributed by atoms with E-state index < -0.39 is 0 Å². The first-order valence-electron chi connectivity index (χ1n) is 9.04. The summed E-state index contributed by atoms with van der Waals surface area (Å²) in [5.41, 5.74) is 5.96. The summed E-state index contributed by atoms with van der Waals surface area (Å²) in [6.07, 6.45) is 3.01. The summed E-state index contributed by atoms with van der Waals surface area (Å²) < 4.78 is 0. The molecule has 1 N–H and O–H groups in total. The van der Waals surface area contributed by atoms with Crippen molar-refractivity contribution < 1.29 is 0 Å². The maximum atomic E-state index is 4.86. The number of nitrogens with zero attached hydrogens (tertiary/aromatic N) is 3. The molecule has 0 radical (unpaired) electrons. The number of aromatic amines is 1. The topological polar surface area (TPSA) is 44.8 Å². The van der Waals surface area contributed by atoms with E-state index >= 15 is 0 Å². The predicted molar refractivity (Wildman–Crippen MR) is 104 cm³/mol. The van der Waals surface area contributed by atoms with Crippen LogP contribution in [0.15, 0.2) is 66.9 Å². The Kier molecular flexibility index (Phi) is 3.76. The first-order valence-corrected chi connectivity index (χ1v) is 9.04. The fourth-order valence-corrected chi connectivity index (χ4v) is 3.68. The minimum absolute atomic E-state index is 0.816. The van der Waals surface area contributed by atoms with Crippen LogP contribution < -0.4 is 0 Å². The molecule has 26 heavy (non-hydrogen) atoms. The van der Waals surface area contributed by atoms with Gasteiger partial charge in [0.05, 0.1) is 5.69 Å². The summed E-state index contributed by atoms with van der Waals surface area (Å²) in [6, 6.07) is 20.9. The second-order valence-electron chi connectivity index (χ2n) is 6.87. The molecule has 2 aromatic carbocycles. The molecule has 0 unspecified atom stereocenters. The van der Waals surface area contributed by atoms with Crippen LogP contribution in [0, 0.1) is 0 Å². The van der Waals surface area contributed by atoms with Gasteiger partial charge in [-0.15, -0.1) is 0 Å². The first kappa shape index (κ1) is 15.3. The molecule has 1 aliphatic heterocycles. The average molecular weight is 340 g/mol. The van der Waals surface area contributed by atoms with E-state index in [0.29, 0.717) is 0 Å². The van der Waals surface area contributed by atoms with E-state index in [-0.39, 0.29) is 0 Å². The van der Waals surface area contributed by atoms with Gasteiger partial charge in [0.2, 0.25) is 0 Å². The fourth-order valence-electron chi connectivity index (χ4n) is 3.68. The number of aromatic nitrogens is 3. The average Bonchev–Trinajstić information content (AvgIpc) is 3.10. The number of nitrogens with one attached hydrogen (secondary N) is 1. The SMILES string of the molecule is c1ccc(-c2ncc3c(n2)CN(Cc2cc4ccccc4[nH]2)CC3)cc1. The van der Waals surface area contributed by atoms with E-state index in [9.17, 15) is 0 Å². The Morgan fingerprint density at radius 2 is 1.85 bits per heavy atom. The highest BCUT2D eigenvalue weighted by Gasteiger charge is 2.19. The number of hydrogen-bond acceptors (Lipinski definition) is 3. The number of benzene rings is 2. The number of H-pyrrole nitrogens is 1. The molecule has 2 aromatic heterocycles. The Hall–Kier alpha value is -2.98. The van der Waals surface area contributed by atoms with Crippen LogP contribution >= 0.6 is 0 Å². The third-order valence-corrected chi connectivity index (χ3v) is 5.04. The highest BCUT2D eigenvalue weighted by atomic mass is 15.1. The largest absolute Gasteiger partial charge is 0.357 e. The molecule has 4 heteroatoms. The van der Waals surface area contributed by atoms with Gasteiger partial charge in [-0.2, -0.15) is 0 Å². The molecule has 0 saturated carbocycles. The summed E-state index contributed by atoms with van der Waals surface area (Å²) in [7, 11) is 0. The van der Waals surface area contributed by atoms with Crippen molar-refractivity contribution in [1.82, 2.24) is 19.9 Å². The number of fused-ring (bicyclic) bond motifs is 2. The molecule has 0 atom stereocenters. The summed E-state index contributed by atoms with van der Waals surface area (Å²) in [5.74, 6) is 0.816. The second kappa shape index (κ2) is 6.39. The molecular weight excluding hydrogens is 320 g/mol. The molecule has 0 aliphatic carbocycles. The third-order valence-electron chi connectivity index (χ3n) is 5.04. The van der Waals surface area contributed by atoms with E-state index in [0.717, 1.165) is 43.1 Å². The van der Waals surface area contributed by atoms with E-state index in [4.69, 9.17) is 4.98 Å². The number of rotatable bonds is 3. The fraction of sp³-hybridized carbons (Fsp3) is 0.182. The van der Waals surface area contributed by atoms with Gasteiger partial charge in [0.25, 0.3) is 0 Å². The zero-order valence-electron chi connectivity index (χ0n) is 14.5. The zero-order chi connectivity index (χ0) is 17.3. The Morgan fingerprint density at radius 1 is 1.00 bits per heavy atom. The minimum Gasteiger partial charge on any atom is -0.357 e. The first-order chi connectivity index (χ1) is 12.8. The Balaban J connectivity index is 1.38. The molecule has 0 spiro atoms. The maximum absolute atomic E-state index is 4.86. The van der Waals surface area contributed by atoms with Crippen molar-refractivity contribution in [1.29, 1.82) is 0 Å². The molecular formula is C22H20N4. The normalized spacial score (nSPS) is 14.5. The monoisotopic (exact) mass is 340 g/mol. The zero-order valence-corrected chi connectivity index (χ0v) is 14.5.